The summed E-state index contributed by atoms with van der Waals surface area (Å²) in [5, 5.41) is 4.10. The van der Waals surface area contributed by atoms with Crippen molar-refractivity contribution in [1.82, 2.24) is 10.2 Å². The van der Waals surface area contributed by atoms with E-state index in [2.05, 4.69) is 19.2 Å². The molecule has 2 aliphatic heterocycles. The van der Waals surface area contributed by atoms with Crippen LogP contribution >= 0.6 is 11.6 Å². The highest BCUT2D eigenvalue weighted by Crippen LogP contribution is 2.47. The number of halogens is 1. The van der Waals surface area contributed by atoms with Gasteiger partial charge in [0.2, 0.25) is 0 Å². The van der Waals surface area contributed by atoms with Crippen LogP contribution in [0.4, 0.5) is 0 Å². The first-order valence-corrected chi connectivity index (χ1v) is 10.9. The Morgan fingerprint density at radius 3 is 2.41 bits per heavy atom. The van der Waals surface area contributed by atoms with Crippen LogP contribution in [-0.4, -0.2) is 29.7 Å². The van der Waals surface area contributed by atoms with Crippen LogP contribution in [0.5, 0.6) is 0 Å². The van der Waals surface area contributed by atoms with Crippen molar-refractivity contribution in [1.29, 1.82) is 0 Å². The quantitative estimate of drug-likeness (QED) is 0.747. The summed E-state index contributed by atoms with van der Waals surface area (Å²) in [7, 11) is 0. The SMILES string of the molecule is CC1=C(C(=O)N2CCCCC2)[C@H](c2ccc(Cl)cc2)C2=C(CC(C)(C)CC2=O)N1. The molecule has 1 atom stereocenters. The van der Waals surface area contributed by atoms with Crippen molar-refractivity contribution in [2.24, 2.45) is 5.41 Å². The fourth-order valence-corrected chi connectivity index (χ4v) is 5.10. The van der Waals surface area contributed by atoms with E-state index in [1.165, 1.54) is 6.42 Å². The van der Waals surface area contributed by atoms with Crippen LogP contribution < -0.4 is 5.32 Å². The standard InChI is InChI=1S/C24H29ClN2O2/c1-15-20(23(29)27-11-5-4-6-12-27)21(16-7-9-17(25)10-8-16)22-18(26-15)13-24(2,3)14-19(22)28/h7-10,21,26H,4-6,11-14H2,1-3H3/t21-/m0/s1. The van der Waals surface area contributed by atoms with Gasteiger partial charge in [0.25, 0.3) is 5.91 Å². The lowest BCUT2D eigenvalue weighted by Gasteiger charge is -2.41. The molecule has 1 fully saturated rings. The van der Waals surface area contributed by atoms with E-state index in [9.17, 15) is 9.59 Å². The van der Waals surface area contributed by atoms with Gasteiger partial charge in [-0.05, 0) is 55.7 Å². The fourth-order valence-electron chi connectivity index (χ4n) is 4.98. The molecule has 154 valence electrons. The summed E-state index contributed by atoms with van der Waals surface area (Å²) in [6.07, 6.45) is 4.56. The summed E-state index contributed by atoms with van der Waals surface area (Å²) in [6, 6.07) is 7.59. The Kier molecular flexibility index (Phi) is 5.32. The third-order valence-corrected chi connectivity index (χ3v) is 6.57. The van der Waals surface area contributed by atoms with Gasteiger partial charge >= 0.3 is 0 Å². The minimum Gasteiger partial charge on any atom is -0.362 e. The Morgan fingerprint density at radius 1 is 1.10 bits per heavy atom. The van der Waals surface area contributed by atoms with Crippen molar-refractivity contribution in [2.75, 3.05) is 13.1 Å². The molecule has 1 aromatic rings. The zero-order valence-corrected chi connectivity index (χ0v) is 18.2. The number of hydrogen-bond acceptors (Lipinski definition) is 3. The van der Waals surface area contributed by atoms with Crippen molar-refractivity contribution < 1.29 is 9.59 Å². The molecule has 3 aliphatic rings. The summed E-state index contributed by atoms with van der Waals surface area (Å²) in [4.78, 5) is 28.8. The Balaban J connectivity index is 1.82. The molecule has 29 heavy (non-hydrogen) atoms. The van der Waals surface area contributed by atoms with Gasteiger partial charge in [0.15, 0.2) is 5.78 Å². The smallest absolute Gasteiger partial charge is 0.252 e. The molecule has 2 heterocycles. The Labute approximate surface area is 178 Å². The van der Waals surface area contributed by atoms with E-state index in [0.29, 0.717) is 17.0 Å². The Hall–Kier alpha value is -2.07. The molecule has 0 bridgehead atoms. The molecule has 0 unspecified atom stereocenters. The molecule has 0 radical (unpaired) electrons. The molecule has 5 heteroatoms. The number of nitrogens with one attached hydrogen (secondary N) is 1. The lowest BCUT2D eigenvalue weighted by Crippen LogP contribution is -2.43. The topological polar surface area (TPSA) is 49.4 Å². The zero-order chi connectivity index (χ0) is 20.8. The summed E-state index contributed by atoms with van der Waals surface area (Å²) in [6.45, 7) is 7.80. The number of carbonyl (C=O) groups excluding carboxylic acids is 2. The lowest BCUT2D eigenvalue weighted by molar-refractivity contribution is -0.128. The minimum atomic E-state index is -0.332. The largest absolute Gasteiger partial charge is 0.362 e. The van der Waals surface area contributed by atoms with Gasteiger partial charge in [-0.1, -0.05) is 37.6 Å². The van der Waals surface area contributed by atoms with E-state index < -0.39 is 0 Å². The highest BCUT2D eigenvalue weighted by Gasteiger charge is 2.43. The number of amides is 1. The van der Waals surface area contributed by atoms with Gasteiger partial charge in [0.1, 0.15) is 0 Å². The van der Waals surface area contributed by atoms with Gasteiger partial charge in [0.05, 0.1) is 0 Å². The number of nitrogens with zero attached hydrogens (tertiary/aromatic N) is 1. The molecule has 0 aromatic heterocycles. The lowest BCUT2D eigenvalue weighted by atomic mass is 9.68. The molecular formula is C24H29ClN2O2. The summed E-state index contributed by atoms with van der Waals surface area (Å²) in [5.41, 5.74) is 4.18. The highest BCUT2D eigenvalue weighted by molar-refractivity contribution is 6.30. The second-order valence-electron chi connectivity index (χ2n) is 9.33. The monoisotopic (exact) mass is 412 g/mol. The highest BCUT2D eigenvalue weighted by atomic mass is 35.5. The maximum atomic E-state index is 13.6. The van der Waals surface area contributed by atoms with Crippen LogP contribution in [0.1, 0.15) is 64.4 Å². The van der Waals surface area contributed by atoms with Crippen molar-refractivity contribution in [2.45, 2.75) is 58.8 Å². The van der Waals surface area contributed by atoms with Gasteiger partial charge in [-0.3, -0.25) is 9.59 Å². The van der Waals surface area contributed by atoms with Crippen LogP contribution in [0.25, 0.3) is 0 Å². The molecule has 4 rings (SSSR count). The number of rotatable bonds is 2. The van der Waals surface area contributed by atoms with Crippen molar-refractivity contribution >= 4 is 23.3 Å². The summed E-state index contributed by atoms with van der Waals surface area (Å²) >= 11 is 6.12. The average molecular weight is 413 g/mol. The van der Waals surface area contributed by atoms with E-state index >= 15 is 0 Å². The second-order valence-corrected chi connectivity index (χ2v) is 9.77. The average Bonchev–Trinajstić information content (AvgIpc) is 2.67. The van der Waals surface area contributed by atoms with E-state index in [1.807, 2.05) is 36.1 Å². The normalized spacial score (nSPS) is 24.3. The van der Waals surface area contributed by atoms with Gasteiger partial charge in [0, 0.05) is 53.0 Å². The number of ketones is 1. The number of likely N-dealkylation sites (tertiary alicyclic amines) is 1. The number of dihydropyridines is 1. The molecule has 1 aromatic carbocycles. The number of piperidine rings is 1. The molecule has 1 amide bonds. The second kappa shape index (κ2) is 7.64. The van der Waals surface area contributed by atoms with Gasteiger partial charge in [-0.25, -0.2) is 0 Å². The van der Waals surface area contributed by atoms with E-state index in [1.54, 1.807) is 0 Å². The number of benzene rings is 1. The maximum Gasteiger partial charge on any atom is 0.252 e. The molecular weight excluding hydrogens is 384 g/mol. The van der Waals surface area contributed by atoms with Crippen LogP contribution in [0.15, 0.2) is 46.8 Å². The third kappa shape index (κ3) is 3.87. The summed E-state index contributed by atoms with van der Waals surface area (Å²) in [5.74, 6) is -0.138. The minimum absolute atomic E-state index is 0.0545. The first-order chi connectivity index (χ1) is 13.8. The van der Waals surface area contributed by atoms with Crippen molar-refractivity contribution in [3.63, 3.8) is 0 Å². The van der Waals surface area contributed by atoms with E-state index in [-0.39, 0.29) is 23.0 Å². The first-order valence-electron chi connectivity index (χ1n) is 10.6. The Bertz CT molecular complexity index is 905. The van der Waals surface area contributed by atoms with Gasteiger partial charge < -0.3 is 10.2 Å². The fraction of sp³-hybridized carbons (Fsp3) is 0.500. The van der Waals surface area contributed by atoms with E-state index in [0.717, 1.165) is 54.9 Å². The maximum absolute atomic E-state index is 13.6. The zero-order valence-electron chi connectivity index (χ0n) is 17.5. The van der Waals surface area contributed by atoms with Crippen molar-refractivity contribution in [3.05, 3.63) is 57.4 Å². The van der Waals surface area contributed by atoms with Crippen molar-refractivity contribution in [3.8, 4) is 0 Å². The van der Waals surface area contributed by atoms with Gasteiger partial charge in [-0.15, -0.1) is 0 Å². The third-order valence-electron chi connectivity index (χ3n) is 6.32. The summed E-state index contributed by atoms with van der Waals surface area (Å²) < 4.78 is 0. The van der Waals surface area contributed by atoms with Crippen LogP contribution in [0.2, 0.25) is 5.02 Å². The first kappa shape index (κ1) is 20.2. The number of allylic oxidation sites excluding steroid dienone is 3. The van der Waals surface area contributed by atoms with E-state index in [4.69, 9.17) is 11.6 Å². The molecule has 1 saturated heterocycles. The van der Waals surface area contributed by atoms with Crippen LogP contribution in [0.3, 0.4) is 0 Å². The van der Waals surface area contributed by atoms with Crippen LogP contribution in [-0.2, 0) is 9.59 Å². The molecule has 0 spiro atoms. The number of carbonyl (C=O) groups is 2. The Morgan fingerprint density at radius 2 is 1.76 bits per heavy atom. The number of hydrogen-bond donors (Lipinski definition) is 1. The molecule has 1 N–H and O–H groups in total. The van der Waals surface area contributed by atoms with Crippen LogP contribution in [0, 0.1) is 5.41 Å². The molecule has 4 nitrogen and oxygen atoms in total. The number of Topliss-reactive ketones (excluding diaryl/α,β-unsaturated/α-hetero) is 1. The molecule has 1 aliphatic carbocycles. The molecule has 0 saturated carbocycles. The predicted molar refractivity (Wildman–Crippen MR) is 116 cm³/mol. The van der Waals surface area contributed by atoms with Gasteiger partial charge in [-0.2, -0.15) is 0 Å². The predicted octanol–water partition coefficient (Wildman–Crippen LogP) is 4.96.